The van der Waals surface area contributed by atoms with Crippen LogP contribution in [0.4, 0.5) is 18.9 Å². The average molecular weight is 340 g/mol. The van der Waals surface area contributed by atoms with Gasteiger partial charge in [-0.2, -0.15) is 18.4 Å². The molecule has 0 bridgehead atoms. The number of anilines is 1. The van der Waals surface area contributed by atoms with Crippen LogP contribution < -0.4 is 10.1 Å². The van der Waals surface area contributed by atoms with Gasteiger partial charge < -0.3 is 10.1 Å². The number of benzene rings is 1. The topological polar surface area (TPSA) is 62.1 Å². The highest BCUT2D eigenvalue weighted by molar-refractivity contribution is 7.14. The van der Waals surface area contributed by atoms with Crippen molar-refractivity contribution in [1.29, 1.82) is 5.26 Å². The van der Waals surface area contributed by atoms with E-state index in [4.69, 9.17) is 5.26 Å². The van der Waals surface area contributed by atoms with Gasteiger partial charge in [0, 0.05) is 10.6 Å². The van der Waals surface area contributed by atoms with Crippen LogP contribution in [0.5, 0.6) is 5.75 Å². The summed E-state index contributed by atoms with van der Waals surface area (Å²) in [6, 6.07) is 9.09. The third-order valence-corrected chi connectivity index (χ3v) is 3.71. The molecule has 0 unspecified atom stereocenters. The minimum atomic E-state index is -4.49. The number of halogens is 3. The normalized spacial score (nSPS) is 10.9. The number of aryl methyl sites for hydroxylation is 1. The van der Waals surface area contributed by atoms with Crippen molar-refractivity contribution < 1.29 is 22.7 Å². The van der Waals surface area contributed by atoms with Gasteiger partial charge in [-0.25, -0.2) is 0 Å². The molecular formula is C15H11F3N2O2S. The van der Waals surface area contributed by atoms with E-state index in [1.54, 1.807) is 18.2 Å². The van der Waals surface area contributed by atoms with E-state index in [2.05, 4.69) is 10.1 Å². The Bertz CT molecular complexity index is 763. The Kier molecular flexibility index (Phi) is 4.91. The molecule has 0 saturated heterocycles. The molecule has 2 aromatic rings. The standard InChI is InChI=1S/C15H11F3N2O2S/c1-9-2-5-13(23-9)14(21)20-11-3-4-12(10(6-11)7-19)22-8-15(16,17)18/h2-6H,8H2,1H3,(H,20,21). The zero-order valence-electron chi connectivity index (χ0n) is 11.9. The van der Waals surface area contributed by atoms with Crippen molar-refractivity contribution in [3.8, 4) is 11.8 Å². The van der Waals surface area contributed by atoms with Crippen LogP contribution in [0.1, 0.15) is 20.1 Å². The van der Waals surface area contributed by atoms with E-state index in [1.165, 1.54) is 29.5 Å². The van der Waals surface area contributed by atoms with Gasteiger partial charge in [0.25, 0.3) is 5.91 Å². The minimum absolute atomic E-state index is 0.0885. The quantitative estimate of drug-likeness (QED) is 0.910. The van der Waals surface area contributed by atoms with Crippen LogP contribution in [0, 0.1) is 18.3 Å². The number of nitrogens with zero attached hydrogens (tertiary/aromatic N) is 1. The molecule has 120 valence electrons. The van der Waals surface area contributed by atoms with Gasteiger partial charge in [-0.15, -0.1) is 11.3 Å². The summed E-state index contributed by atoms with van der Waals surface area (Å²) in [5.41, 5.74) is 0.214. The molecule has 0 aliphatic carbocycles. The zero-order chi connectivity index (χ0) is 17.0. The van der Waals surface area contributed by atoms with Gasteiger partial charge in [-0.3, -0.25) is 4.79 Å². The predicted octanol–water partition coefficient (Wildman–Crippen LogP) is 4.12. The first-order chi connectivity index (χ1) is 10.8. The third-order valence-electron chi connectivity index (χ3n) is 2.71. The van der Waals surface area contributed by atoms with E-state index < -0.39 is 12.8 Å². The number of thiophene rings is 1. The summed E-state index contributed by atoms with van der Waals surface area (Å²) in [4.78, 5) is 13.5. The number of hydrogen-bond donors (Lipinski definition) is 1. The Labute approximate surface area is 134 Å². The summed E-state index contributed by atoms with van der Waals surface area (Å²) in [5.74, 6) is -0.536. The van der Waals surface area contributed by atoms with E-state index in [0.29, 0.717) is 10.6 Å². The van der Waals surface area contributed by atoms with Crippen LogP contribution in [-0.4, -0.2) is 18.7 Å². The van der Waals surface area contributed by atoms with E-state index in [-0.39, 0.29) is 17.2 Å². The van der Waals surface area contributed by atoms with E-state index in [0.717, 1.165) is 4.88 Å². The second-order valence-corrected chi connectivity index (χ2v) is 5.88. The molecular weight excluding hydrogens is 329 g/mol. The number of nitriles is 1. The molecule has 0 fully saturated rings. The molecule has 1 N–H and O–H groups in total. The Hall–Kier alpha value is -2.53. The van der Waals surface area contributed by atoms with Crippen LogP contribution in [0.25, 0.3) is 0 Å². The van der Waals surface area contributed by atoms with Gasteiger partial charge in [-0.1, -0.05) is 0 Å². The van der Waals surface area contributed by atoms with Crippen LogP contribution in [-0.2, 0) is 0 Å². The van der Waals surface area contributed by atoms with Gasteiger partial charge in [0.1, 0.15) is 11.8 Å². The van der Waals surface area contributed by atoms with Crippen LogP contribution >= 0.6 is 11.3 Å². The second-order valence-electron chi connectivity index (χ2n) is 4.59. The van der Waals surface area contributed by atoms with Crippen LogP contribution in [0.2, 0.25) is 0 Å². The number of amides is 1. The highest BCUT2D eigenvalue weighted by Crippen LogP contribution is 2.25. The number of alkyl halides is 3. The minimum Gasteiger partial charge on any atom is -0.483 e. The van der Waals surface area contributed by atoms with Crippen molar-refractivity contribution in [1.82, 2.24) is 0 Å². The fourth-order valence-electron chi connectivity index (χ4n) is 1.73. The molecule has 1 aromatic carbocycles. The van der Waals surface area contributed by atoms with Crippen LogP contribution in [0.15, 0.2) is 30.3 Å². The van der Waals surface area contributed by atoms with E-state index in [1.807, 2.05) is 6.92 Å². The monoisotopic (exact) mass is 340 g/mol. The Balaban J connectivity index is 2.12. The highest BCUT2D eigenvalue weighted by atomic mass is 32.1. The highest BCUT2D eigenvalue weighted by Gasteiger charge is 2.28. The van der Waals surface area contributed by atoms with Crippen molar-refractivity contribution in [3.05, 3.63) is 45.6 Å². The number of carbonyl (C=O) groups is 1. The molecule has 0 atom stereocenters. The lowest BCUT2D eigenvalue weighted by Crippen LogP contribution is -2.19. The zero-order valence-corrected chi connectivity index (χ0v) is 12.7. The maximum atomic E-state index is 12.2. The second kappa shape index (κ2) is 6.71. The lowest BCUT2D eigenvalue weighted by Gasteiger charge is -2.11. The molecule has 0 saturated carbocycles. The molecule has 8 heteroatoms. The van der Waals surface area contributed by atoms with E-state index >= 15 is 0 Å². The molecule has 2 rings (SSSR count). The maximum Gasteiger partial charge on any atom is 0.422 e. The smallest absolute Gasteiger partial charge is 0.422 e. The molecule has 23 heavy (non-hydrogen) atoms. The summed E-state index contributed by atoms with van der Waals surface area (Å²) in [6.45, 7) is 0.379. The van der Waals surface area contributed by atoms with Crippen LogP contribution in [0.3, 0.4) is 0 Å². The lowest BCUT2D eigenvalue weighted by molar-refractivity contribution is -0.153. The summed E-state index contributed by atoms with van der Waals surface area (Å²) in [7, 11) is 0. The molecule has 1 amide bonds. The number of hydrogen-bond acceptors (Lipinski definition) is 4. The average Bonchev–Trinajstić information content (AvgIpc) is 2.91. The first-order valence-electron chi connectivity index (χ1n) is 6.40. The van der Waals surface area contributed by atoms with Crippen molar-refractivity contribution >= 4 is 22.9 Å². The molecule has 0 spiro atoms. The molecule has 4 nitrogen and oxygen atoms in total. The molecule has 0 aliphatic rings. The van der Waals surface area contributed by atoms with Gasteiger partial charge in [0.2, 0.25) is 0 Å². The lowest BCUT2D eigenvalue weighted by atomic mass is 10.2. The third kappa shape index (κ3) is 4.72. The number of ether oxygens (including phenoxy) is 1. The fourth-order valence-corrected chi connectivity index (χ4v) is 2.49. The maximum absolute atomic E-state index is 12.2. The first-order valence-corrected chi connectivity index (χ1v) is 7.21. The molecule has 1 aromatic heterocycles. The summed E-state index contributed by atoms with van der Waals surface area (Å²) in [6.07, 6.45) is -4.49. The number of carbonyl (C=O) groups excluding carboxylic acids is 1. The Morgan fingerprint density at radius 1 is 1.35 bits per heavy atom. The summed E-state index contributed by atoms with van der Waals surface area (Å²) < 4.78 is 41.0. The molecule has 1 heterocycles. The van der Waals surface area contributed by atoms with Crippen molar-refractivity contribution in [2.24, 2.45) is 0 Å². The van der Waals surface area contributed by atoms with E-state index in [9.17, 15) is 18.0 Å². The number of rotatable bonds is 4. The largest absolute Gasteiger partial charge is 0.483 e. The van der Waals surface area contributed by atoms with Crippen molar-refractivity contribution in [2.75, 3.05) is 11.9 Å². The molecule has 0 radical (unpaired) electrons. The van der Waals surface area contributed by atoms with Gasteiger partial charge in [-0.05, 0) is 37.3 Å². The summed E-state index contributed by atoms with van der Waals surface area (Å²) >= 11 is 1.31. The van der Waals surface area contributed by atoms with Crippen molar-refractivity contribution in [3.63, 3.8) is 0 Å². The van der Waals surface area contributed by atoms with Gasteiger partial charge in [0.05, 0.1) is 10.4 Å². The Morgan fingerprint density at radius 2 is 2.09 bits per heavy atom. The number of nitrogens with one attached hydrogen (secondary N) is 1. The first kappa shape index (κ1) is 16.8. The van der Waals surface area contributed by atoms with Gasteiger partial charge >= 0.3 is 6.18 Å². The Morgan fingerprint density at radius 3 is 2.65 bits per heavy atom. The fraction of sp³-hybridized carbons (Fsp3) is 0.200. The summed E-state index contributed by atoms with van der Waals surface area (Å²) in [5, 5.41) is 11.6. The SMILES string of the molecule is Cc1ccc(C(=O)Nc2ccc(OCC(F)(F)F)c(C#N)c2)s1. The van der Waals surface area contributed by atoms with Gasteiger partial charge in [0.15, 0.2) is 6.61 Å². The molecule has 0 aliphatic heterocycles. The van der Waals surface area contributed by atoms with Crippen molar-refractivity contribution in [2.45, 2.75) is 13.1 Å². The predicted molar refractivity (Wildman–Crippen MR) is 79.7 cm³/mol.